The van der Waals surface area contributed by atoms with Crippen molar-refractivity contribution in [1.29, 1.82) is 0 Å². The molecule has 1 N–H and O–H groups in total. The molecule has 1 aliphatic heterocycles. The monoisotopic (exact) mass is 499 g/mol. The first-order chi connectivity index (χ1) is 16.9. The highest BCUT2D eigenvalue weighted by Gasteiger charge is 2.22. The number of aromatic nitrogens is 2. The van der Waals surface area contributed by atoms with Crippen LogP contribution in [0, 0.1) is 11.6 Å². The average Bonchev–Trinajstić information content (AvgIpc) is 3.15. The lowest BCUT2D eigenvalue weighted by atomic mass is 10.1. The molecule has 1 aliphatic rings. The molecule has 0 bridgehead atoms. The number of ether oxygens (including phenoxy) is 1. The van der Waals surface area contributed by atoms with Crippen LogP contribution in [-0.4, -0.2) is 46.5 Å². The van der Waals surface area contributed by atoms with Gasteiger partial charge in [-0.1, -0.05) is 23.7 Å². The Balaban J connectivity index is 1.64. The van der Waals surface area contributed by atoms with Gasteiger partial charge >= 0.3 is 11.7 Å². The van der Waals surface area contributed by atoms with Gasteiger partial charge < -0.3 is 14.7 Å². The van der Waals surface area contributed by atoms with E-state index in [4.69, 9.17) is 16.3 Å². The summed E-state index contributed by atoms with van der Waals surface area (Å²) in [6, 6.07) is 13.8. The molecule has 35 heavy (non-hydrogen) atoms. The SMILES string of the molecule is O=C(O)c1cccc(Cn2c(=O)n(-c3ccc(N4CCOCC4)cc3)c3c(F)c(Cl)ccc32)c1F. The number of anilines is 1. The highest BCUT2D eigenvalue weighted by Crippen LogP contribution is 2.28. The Kier molecular flexibility index (Phi) is 6.04. The van der Waals surface area contributed by atoms with Crippen molar-refractivity contribution in [2.24, 2.45) is 0 Å². The predicted octanol–water partition coefficient (Wildman–Crippen LogP) is 4.31. The third-order valence-electron chi connectivity index (χ3n) is 6.11. The van der Waals surface area contributed by atoms with Gasteiger partial charge in [0.05, 0.1) is 41.5 Å². The van der Waals surface area contributed by atoms with E-state index >= 15 is 4.39 Å². The molecule has 1 fully saturated rings. The molecule has 5 rings (SSSR count). The maximum absolute atomic E-state index is 15.2. The molecule has 10 heteroatoms. The zero-order chi connectivity index (χ0) is 24.7. The van der Waals surface area contributed by atoms with Gasteiger partial charge in [0, 0.05) is 24.3 Å². The number of morpholine rings is 1. The van der Waals surface area contributed by atoms with E-state index in [0.717, 1.165) is 24.8 Å². The molecule has 0 spiro atoms. The maximum Gasteiger partial charge on any atom is 0.338 e. The van der Waals surface area contributed by atoms with Crippen LogP contribution in [0.15, 0.2) is 59.4 Å². The maximum atomic E-state index is 15.2. The van der Waals surface area contributed by atoms with Gasteiger partial charge in [0.25, 0.3) is 0 Å². The number of benzene rings is 3. The second-order valence-electron chi connectivity index (χ2n) is 8.13. The summed E-state index contributed by atoms with van der Waals surface area (Å²) >= 11 is 6.03. The Morgan fingerprint density at radius 3 is 2.34 bits per heavy atom. The van der Waals surface area contributed by atoms with Crippen LogP contribution < -0.4 is 10.6 Å². The molecular formula is C25H20ClF2N3O4. The lowest BCUT2D eigenvalue weighted by Gasteiger charge is -2.28. The molecule has 0 unspecified atom stereocenters. The van der Waals surface area contributed by atoms with E-state index in [1.54, 1.807) is 12.1 Å². The van der Waals surface area contributed by atoms with Gasteiger partial charge in [0.1, 0.15) is 11.3 Å². The van der Waals surface area contributed by atoms with E-state index in [0.29, 0.717) is 18.9 Å². The molecule has 180 valence electrons. The number of hydrogen-bond donors (Lipinski definition) is 1. The van der Waals surface area contributed by atoms with Crippen molar-refractivity contribution in [3.8, 4) is 5.69 Å². The Bertz CT molecular complexity index is 1490. The van der Waals surface area contributed by atoms with Crippen LogP contribution in [0.2, 0.25) is 5.02 Å². The van der Waals surface area contributed by atoms with Gasteiger partial charge in [-0.25, -0.2) is 18.4 Å². The van der Waals surface area contributed by atoms with Crippen LogP contribution in [0.4, 0.5) is 14.5 Å². The number of rotatable bonds is 5. The third kappa shape index (κ3) is 4.06. The van der Waals surface area contributed by atoms with E-state index in [1.807, 2.05) is 12.1 Å². The number of halogens is 3. The second kappa shape index (κ2) is 9.16. The van der Waals surface area contributed by atoms with Crippen molar-refractivity contribution >= 4 is 34.3 Å². The zero-order valence-electron chi connectivity index (χ0n) is 18.4. The topological polar surface area (TPSA) is 76.7 Å². The summed E-state index contributed by atoms with van der Waals surface area (Å²) in [7, 11) is 0. The van der Waals surface area contributed by atoms with E-state index in [-0.39, 0.29) is 28.2 Å². The Morgan fingerprint density at radius 1 is 0.971 bits per heavy atom. The van der Waals surface area contributed by atoms with Crippen molar-refractivity contribution < 1.29 is 23.4 Å². The summed E-state index contributed by atoms with van der Waals surface area (Å²) in [5, 5.41) is 9.07. The van der Waals surface area contributed by atoms with Crippen LogP contribution >= 0.6 is 11.6 Å². The van der Waals surface area contributed by atoms with Gasteiger partial charge in [0.15, 0.2) is 5.82 Å². The summed E-state index contributed by atoms with van der Waals surface area (Å²) in [5.41, 5.74) is 0.388. The van der Waals surface area contributed by atoms with E-state index in [1.165, 1.54) is 33.4 Å². The van der Waals surface area contributed by atoms with E-state index in [2.05, 4.69) is 4.90 Å². The van der Waals surface area contributed by atoms with Gasteiger partial charge in [-0.15, -0.1) is 0 Å². The number of carboxylic acid groups (broad SMARTS) is 1. The Morgan fingerprint density at radius 2 is 1.66 bits per heavy atom. The number of fused-ring (bicyclic) bond motifs is 1. The van der Waals surface area contributed by atoms with Crippen molar-refractivity contribution in [2.45, 2.75) is 6.54 Å². The van der Waals surface area contributed by atoms with E-state index < -0.39 is 28.9 Å². The fourth-order valence-electron chi connectivity index (χ4n) is 4.34. The summed E-state index contributed by atoms with van der Waals surface area (Å²) in [6.45, 7) is 2.44. The normalized spacial score (nSPS) is 14.0. The molecule has 0 aliphatic carbocycles. The van der Waals surface area contributed by atoms with Crippen LogP contribution in [0.25, 0.3) is 16.7 Å². The molecule has 3 aromatic carbocycles. The number of carbonyl (C=O) groups is 1. The minimum absolute atomic E-state index is 0.0101. The Labute approximate surface area is 203 Å². The smallest absolute Gasteiger partial charge is 0.338 e. The van der Waals surface area contributed by atoms with Gasteiger partial charge in [-0.05, 0) is 42.5 Å². The molecule has 1 aromatic heterocycles. The molecule has 0 atom stereocenters. The lowest BCUT2D eigenvalue weighted by Crippen LogP contribution is -2.36. The summed E-state index contributed by atoms with van der Waals surface area (Å²) in [4.78, 5) is 27.0. The summed E-state index contributed by atoms with van der Waals surface area (Å²) in [5.74, 6) is -3.15. The van der Waals surface area contributed by atoms with Crippen molar-refractivity contribution in [1.82, 2.24) is 9.13 Å². The summed E-state index contributed by atoms with van der Waals surface area (Å²) < 4.78 is 37.8. The van der Waals surface area contributed by atoms with Gasteiger partial charge in [-0.3, -0.25) is 9.13 Å². The Hall–Kier alpha value is -3.69. The third-order valence-corrected chi connectivity index (χ3v) is 6.40. The van der Waals surface area contributed by atoms with Gasteiger partial charge in [0.2, 0.25) is 0 Å². The van der Waals surface area contributed by atoms with Crippen LogP contribution in [0.3, 0.4) is 0 Å². The number of carboxylic acids is 1. The molecular weight excluding hydrogens is 480 g/mol. The van der Waals surface area contributed by atoms with Crippen LogP contribution in [0.1, 0.15) is 15.9 Å². The number of hydrogen-bond acceptors (Lipinski definition) is 4. The van der Waals surface area contributed by atoms with Crippen molar-refractivity contribution in [2.75, 3.05) is 31.2 Å². The largest absolute Gasteiger partial charge is 0.478 e. The van der Waals surface area contributed by atoms with Crippen molar-refractivity contribution in [3.63, 3.8) is 0 Å². The molecule has 7 nitrogen and oxygen atoms in total. The molecule has 0 saturated carbocycles. The van der Waals surface area contributed by atoms with Crippen LogP contribution in [0.5, 0.6) is 0 Å². The average molecular weight is 500 g/mol. The standard InChI is InChI=1S/C25H20ClF2N3O4/c26-19-8-9-20-23(22(19)28)31(17-6-4-16(5-7-17)29-10-12-35-13-11-29)25(34)30(20)14-15-2-1-3-18(21(15)27)24(32)33/h1-9H,10-14H2,(H,32,33). The number of nitrogens with zero attached hydrogens (tertiary/aromatic N) is 3. The molecule has 4 aromatic rings. The minimum atomic E-state index is -1.42. The number of aromatic carboxylic acids is 1. The predicted molar refractivity (Wildman–Crippen MR) is 128 cm³/mol. The quantitative estimate of drug-likeness (QED) is 0.443. The van der Waals surface area contributed by atoms with Crippen molar-refractivity contribution in [3.05, 3.63) is 92.9 Å². The molecule has 1 saturated heterocycles. The fourth-order valence-corrected chi connectivity index (χ4v) is 4.50. The molecule has 0 radical (unpaired) electrons. The highest BCUT2D eigenvalue weighted by molar-refractivity contribution is 6.31. The molecule has 0 amide bonds. The first kappa shape index (κ1) is 23.1. The fraction of sp³-hybridized carbons (Fsp3) is 0.200. The van der Waals surface area contributed by atoms with Gasteiger partial charge in [-0.2, -0.15) is 0 Å². The minimum Gasteiger partial charge on any atom is -0.478 e. The first-order valence-corrected chi connectivity index (χ1v) is 11.3. The zero-order valence-corrected chi connectivity index (χ0v) is 19.1. The number of imidazole rings is 1. The van der Waals surface area contributed by atoms with E-state index in [9.17, 15) is 19.1 Å². The summed E-state index contributed by atoms with van der Waals surface area (Å²) in [6.07, 6.45) is 0. The second-order valence-corrected chi connectivity index (χ2v) is 8.54. The first-order valence-electron chi connectivity index (χ1n) is 10.9. The molecule has 2 heterocycles. The van der Waals surface area contributed by atoms with Crippen LogP contribution in [-0.2, 0) is 11.3 Å². The highest BCUT2D eigenvalue weighted by atomic mass is 35.5. The lowest BCUT2D eigenvalue weighted by molar-refractivity contribution is 0.0691.